The van der Waals surface area contributed by atoms with Gasteiger partial charge in [0.2, 0.25) is 5.91 Å². The number of esters is 1. The molecule has 0 aromatic rings. The van der Waals surface area contributed by atoms with E-state index in [9.17, 15) is 19.8 Å². The van der Waals surface area contributed by atoms with Crippen LogP contribution in [0.3, 0.4) is 0 Å². The molecule has 1 amide bonds. The smallest absolute Gasteiger partial charge is 0.311 e. The lowest BCUT2D eigenvalue weighted by Crippen LogP contribution is -2.55. The molecule has 0 bridgehead atoms. The number of ether oxygens (including phenoxy) is 3. The van der Waals surface area contributed by atoms with E-state index in [4.69, 9.17) is 14.2 Å². The van der Waals surface area contributed by atoms with Gasteiger partial charge in [0.25, 0.3) is 0 Å². The van der Waals surface area contributed by atoms with E-state index in [2.05, 4.69) is 5.32 Å². The summed E-state index contributed by atoms with van der Waals surface area (Å²) in [5.74, 6) is -1.75. The Balaban J connectivity index is 2.90. The van der Waals surface area contributed by atoms with E-state index in [1.165, 1.54) is 6.92 Å². The molecule has 1 fully saturated rings. The average molecular weight is 347 g/mol. The van der Waals surface area contributed by atoms with Gasteiger partial charge >= 0.3 is 5.97 Å². The summed E-state index contributed by atoms with van der Waals surface area (Å²) in [6.45, 7) is 9.23. The molecule has 1 saturated heterocycles. The summed E-state index contributed by atoms with van der Waals surface area (Å²) in [6.07, 6.45) is -2.71. The number of amides is 1. The fourth-order valence-corrected chi connectivity index (χ4v) is 2.42. The largest absolute Gasteiger partial charge is 0.462 e. The van der Waals surface area contributed by atoms with Crippen LogP contribution in [0.1, 0.15) is 41.5 Å². The first-order chi connectivity index (χ1) is 10.9. The Morgan fingerprint density at radius 1 is 1.29 bits per heavy atom. The van der Waals surface area contributed by atoms with Gasteiger partial charge in [0, 0.05) is 6.92 Å². The lowest BCUT2D eigenvalue weighted by molar-refractivity contribution is -0.166. The fourth-order valence-electron chi connectivity index (χ4n) is 2.42. The molecule has 1 aliphatic rings. The topological polar surface area (TPSA) is 114 Å². The van der Waals surface area contributed by atoms with Crippen molar-refractivity contribution in [1.29, 1.82) is 0 Å². The van der Waals surface area contributed by atoms with E-state index in [0.29, 0.717) is 0 Å². The number of carbonyl (C=O) groups is 2. The molecule has 4 atom stereocenters. The Hall–Kier alpha value is -1.22. The summed E-state index contributed by atoms with van der Waals surface area (Å²) in [5.41, 5.74) is -0.661. The molecule has 4 unspecified atom stereocenters. The molecule has 140 valence electrons. The molecule has 0 aliphatic carbocycles. The maximum atomic E-state index is 11.9. The van der Waals surface area contributed by atoms with Gasteiger partial charge in [0.1, 0.15) is 18.8 Å². The SMILES string of the molecule is CC(=O)NC(C(O)CO)C1OC(C)(C)OC1COC(=O)C(C)(C)C. The molecule has 3 N–H and O–H groups in total. The molecule has 0 saturated carbocycles. The number of nitrogens with one attached hydrogen (secondary N) is 1. The van der Waals surface area contributed by atoms with E-state index >= 15 is 0 Å². The molecule has 0 spiro atoms. The van der Waals surface area contributed by atoms with Crippen molar-refractivity contribution in [2.45, 2.75) is 71.7 Å². The highest BCUT2D eigenvalue weighted by Crippen LogP contribution is 2.31. The van der Waals surface area contributed by atoms with Crippen LogP contribution in [0.5, 0.6) is 0 Å². The van der Waals surface area contributed by atoms with Gasteiger partial charge in [-0.2, -0.15) is 0 Å². The normalized spacial score (nSPS) is 25.8. The third kappa shape index (κ3) is 5.70. The van der Waals surface area contributed by atoms with Crippen molar-refractivity contribution in [3.8, 4) is 0 Å². The van der Waals surface area contributed by atoms with E-state index in [0.717, 1.165) is 0 Å². The van der Waals surface area contributed by atoms with Crippen LogP contribution in [-0.2, 0) is 23.8 Å². The van der Waals surface area contributed by atoms with Crippen molar-refractivity contribution in [2.75, 3.05) is 13.2 Å². The Morgan fingerprint density at radius 2 is 1.88 bits per heavy atom. The van der Waals surface area contributed by atoms with Gasteiger partial charge in [0.05, 0.1) is 24.2 Å². The van der Waals surface area contributed by atoms with Crippen LogP contribution in [-0.4, -0.2) is 65.4 Å². The maximum Gasteiger partial charge on any atom is 0.311 e. The Kier molecular flexibility index (Phi) is 6.75. The summed E-state index contributed by atoms with van der Waals surface area (Å²) in [4.78, 5) is 23.4. The lowest BCUT2D eigenvalue weighted by atomic mass is 9.97. The summed E-state index contributed by atoms with van der Waals surface area (Å²) < 4.78 is 16.8. The highest BCUT2D eigenvalue weighted by Gasteiger charge is 2.48. The summed E-state index contributed by atoms with van der Waals surface area (Å²) in [5, 5.41) is 21.8. The molecule has 1 heterocycles. The molecule has 8 heteroatoms. The van der Waals surface area contributed by atoms with Crippen LogP contribution < -0.4 is 5.32 Å². The third-order valence-electron chi connectivity index (χ3n) is 3.54. The minimum atomic E-state index is -1.24. The second-order valence-corrected chi connectivity index (χ2v) is 7.46. The average Bonchev–Trinajstić information content (AvgIpc) is 2.74. The zero-order valence-electron chi connectivity index (χ0n) is 15.2. The van der Waals surface area contributed by atoms with Gasteiger partial charge in [-0.15, -0.1) is 0 Å². The van der Waals surface area contributed by atoms with Crippen LogP contribution in [0.2, 0.25) is 0 Å². The molecular formula is C16H29NO7. The minimum Gasteiger partial charge on any atom is -0.462 e. The third-order valence-corrected chi connectivity index (χ3v) is 3.54. The highest BCUT2D eigenvalue weighted by atomic mass is 16.8. The second kappa shape index (κ2) is 7.77. The van der Waals surface area contributed by atoms with Gasteiger partial charge < -0.3 is 29.7 Å². The van der Waals surface area contributed by atoms with Gasteiger partial charge in [-0.25, -0.2) is 0 Å². The van der Waals surface area contributed by atoms with Crippen LogP contribution in [0, 0.1) is 5.41 Å². The predicted octanol–water partition coefficient (Wildman–Crippen LogP) is -0.0463. The van der Waals surface area contributed by atoms with Crippen LogP contribution in [0.4, 0.5) is 0 Å². The Morgan fingerprint density at radius 3 is 2.33 bits per heavy atom. The second-order valence-electron chi connectivity index (χ2n) is 7.46. The molecule has 0 aromatic heterocycles. The molecule has 8 nitrogen and oxygen atoms in total. The monoisotopic (exact) mass is 347 g/mol. The number of hydrogen-bond donors (Lipinski definition) is 3. The zero-order valence-corrected chi connectivity index (χ0v) is 15.2. The van der Waals surface area contributed by atoms with Crippen LogP contribution >= 0.6 is 0 Å². The van der Waals surface area contributed by atoms with Gasteiger partial charge in [-0.05, 0) is 34.6 Å². The Labute approximate surface area is 142 Å². The van der Waals surface area contributed by atoms with E-state index in [-0.39, 0.29) is 12.5 Å². The number of aliphatic hydroxyl groups excluding tert-OH is 2. The summed E-state index contributed by atoms with van der Waals surface area (Å²) in [6, 6.07) is -0.896. The quantitative estimate of drug-likeness (QED) is 0.577. The number of carbonyl (C=O) groups excluding carboxylic acids is 2. The maximum absolute atomic E-state index is 11.9. The molecule has 0 radical (unpaired) electrons. The Bertz CT molecular complexity index is 458. The summed E-state index contributed by atoms with van der Waals surface area (Å²) >= 11 is 0. The van der Waals surface area contributed by atoms with Crippen molar-refractivity contribution in [3.05, 3.63) is 0 Å². The lowest BCUT2D eigenvalue weighted by Gasteiger charge is -2.30. The number of aliphatic hydroxyl groups is 2. The van der Waals surface area contributed by atoms with Gasteiger partial charge in [0.15, 0.2) is 5.79 Å². The molecule has 1 aliphatic heterocycles. The van der Waals surface area contributed by atoms with Crippen molar-refractivity contribution in [1.82, 2.24) is 5.32 Å². The fraction of sp³-hybridized carbons (Fsp3) is 0.875. The molecular weight excluding hydrogens is 318 g/mol. The van der Waals surface area contributed by atoms with E-state index in [1.54, 1.807) is 34.6 Å². The minimum absolute atomic E-state index is 0.0849. The molecule has 0 aromatic carbocycles. The van der Waals surface area contributed by atoms with Crippen molar-refractivity contribution in [3.63, 3.8) is 0 Å². The van der Waals surface area contributed by atoms with Crippen LogP contribution in [0.15, 0.2) is 0 Å². The standard InChI is InChI=1S/C16H29NO7/c1-9(19)17-12(10(20)7-18)13-11(23-16(5,6)24-13)8-22-14(21)15(2,3)4/h10-13,18,20H,7-8H2,1-6H3,(H,17,19). The molecule has 1 rings (SSSR count). The van der Waals surface area contributed by atoms with E-state index < -0.39 is 48.1 Å². The van der Waals surface area contributed by atoms with Gasteiger partial charge in [-0.3, -0.25) is 9.59 Å². The molecule has 24 heavy (non-hydrogen) atoms. The summed E-state index contributed by atoms with van der Waals surface area (Å²) in [7, 11) is 0. The zero-order chi connectivity index (χ0) is 18.7. The first-order valence-electron chi connectivity index (χ1n) is 7.96. The first kappa shape index (κ1) is 20.8. The first-order valence-corrected chi connectivity index (χ1v) is 7.96. The van der Waals surface area contributed by atoms with Crippen LogP contribution in [0.25, 0.3) is 0 Å². The highest BCUT2D eigenvalue weighted by molar-refractivity contribution is 5.75. The number of rotatable bonds is 6. The number of hydrogen-bond acceptors (Lipinski definition) is 7. The van der Waals surface area contributed by atoms with E-state index in [1.807, 2.05) is 0 Å². The van der Waals surface area contributed by atoms with Crippen molar-refractivity contribution in [2.24, 2.45) is 5.41 Å². The van der Waals surface area contributed by atoms with Crippen molar-refractivity contribution < 1.29 is 34.0 Å². The predicted molar refractivity (Wildman–Crippen MR) is 84.9 cm³/mol. The van der Waals surface area contributed by atoms with Gasteiger partial charge in [-0.1, -0.05) is 0 Å². The van der Waals surface area contributed by atoms with Crippen molar-refractivity contribution >= 4 is 11.9 Å².